The number of para-hydroxylation sites is 1. The molecule has 29 heavy (non-hydrogen) atoms. The Balaban J connectivity index is 1.31. The molecule has 2 aliphatic rings. The van der Waals surface area contributed by atoms with Crippen molar-refractivity contribution in [1.82, 2.24) is 15.1 Å². The maximum absolute atomic E-state index is 10.2. The predicted octanol–water partition coefficient (Wildman–Crippen LogP) is 3.00. The van der Waals surface area contributed by atoms with Gasteiger partial charge in [-0.15, -0.1) is 10.2 Å². The Bertz CT molecular complexity index is 995. The van der Waals surface area contributed by atoms with Crippen molar-refractivity contribution in [2.45, 2.75) is 6.54 Å². The molecule has 0 unspecified atom stereocenters. The van der Waals surface area contributed by atoms with Crippen LogP contribution < -0.4 is 10.6 Å². The van der Waals surface area contributed by atoms with Gasteiger partial charge in [-0.25, -0.2) is 0 Å². The van der Waals surface area contributed by atoms with Gasteiger partial charge in [-0.3, -0.25) is 4.90 Å². The molecule has 3 N–H and O–H groups in total. The van der Waals surface area contributed by atoms with E-state index >= 15 is 0 Å². The van der Waals surface area contributed by atoms with Crippen LogP contribution in [0.25, 0.3) is 11.3 Å². The quantitative estimate of drug-likeness (QED) is 0.717. The largest absolute Gasteiger partial charge is 0.507 e. The first-order chi connectivity index (χ1) is 14.2. The molecule has 2 aromatic carbocycles. The van der Waals surface area contributed by atoms with Crippen LogP contribution in [0.4, 0.5) is 11.5 Å². The van der Waals surface area contributed by atoms with E-state index in [1.807, 2.05) is 18.2 Å². The van der Waals surface area contributed by atoms with Crippen molar-refractivity contribution in [3.8, 4) is 17.0 Å². The average molecular weight is 387 g/mol. The highest BCUT2D eigenvalue weighted by Gasteiger charge is 2.40. The van der Waals surface area contributed by atoms with Crippen LogP contribution in [-0.4, -0.2) is 46.4 Å². The molecule has 1 aromatic heterocycles. The van der Waals surface area contributed by atoms with Crippen LogP contribution in [-0.2, 0) is 6.54 Å². The van der Waals surface area contributed by atoms with Gasteiger partial charge in [0.2, 0.25) is 0 Å². The molecule has 0 amide bonds. The Kier molecular flexibility index (Phi) is 4.56. The monoisotopic (exact) mass is 387 g/mol. The van der Waals surface area contributed by atoms with Crippen LogP contribution >= 0.6 is 0 Å². The summed E-state index contributed by atoms with van der Waals surface area (Å²) in [6.07, 6.45) is 0. The molecule has 0 radical (unpaired) electrons. The first kappa shape index (κ1) is 17.9. The fourth-order valence-corrected chi connectivity index (χ4v) is 4.72. The molecule has 5 rings (SSSR count). The highest BCUT2D eigenvalue weighted by molar-refractivity contribution is 5.74. The lowest BCUT2D eigenvalue weighted by Crippen LogP contribution is -2.29. The molecule has 6 heteroatoms. The standard InChI is InChI=1S/C23H25N5O/c24-23-21(10-20(25-26-23)19-8-4-5-9-22(19)29)28-14-17-12-27(13-18(17)15-28)11-16-6-2-1-3-7-16/h1-10,17-18,29H,11-15H2,(H2,24,26)/t17-,18+. The summed E-state index contributed by atoms with van der Waals surface area (Å²) >= 11 is 0. The maximum Gasteiger partial charge on any atom is 0.169 e. The number of phenols is 1. The van der Waals surface area contributed by atoms with E-state index in [4.69, 9.17) is 5.73 Å². The fraction of sp³-hybridized carbons (Fsp3) is 0.304. The first-order valence-electron chi connectivity index (χ1n) is 10.1. The number of phenolic OH excluding ortho intramolecular Hbond substituents is 1. The highest BCUT2D eigenvalue weighted by atomic mass is 16.3. The molecular weight excluding hydrogens is 362 g/mol. The third-order valence-electron chi connectivity index (χ3n) is 6.13. The summed E-state index contributed by atoms with van der Waals surface area (Å²) in [5.41, 5.74) is 9.79. The van der Waals surface area contributed by atoms with Gasteiger partial charge in [0.25, 0.3) is 0 Å². The number of aromatic nitrogens is 2. The summed E-state index contributed by atoms with van der Waals surface area (Å²) in [4.78, 5) is 4.90. The molecule has 6 nitrogen and oxygen atoms in total. The summed E-state index contributed by atoms with van der Waals surface area (Å²) < 4.78 is 0. The van der Waals surface area contributed by atoms with Crippen molar-refractivity contribution in [1.29, 1.82) is 0 Å². The van der Waals surface area contributed by atoms with Crippen LogP contribution in [0.5, 0.6) is 5.75 Å². The van der Waals surface area contributed by atoms with Crippen LogP contribution in [0.15, 0.2) is 60.7 Å². The van der Waals surface area contributed by atoms with Crippen LogP contribution in [0, 0.1) is 11.8 Å². The Labute approximate surface area is 170 Å². The minimum Gasteiger partial charge on any atom is -0.507 e. The zero-order valence-electron chi connectivity index (χ0n) is 16.3. The van der Waals surface area contributed by atoms with E-state index in [1.165, 1.54) is 5.56 Å². The molecular formula is C23H25N5O. The Morgan fingerprint density at radius 2 is 1.59 bits per heavy atom. The van der Waals surface area contributed by atoms with Crippen molar-refractivity contribution in [2.24, 2.45) is 11.8 Å². The SMILES string of the molecule is Nc1nnc(-c2ccccc2O)cc1N1C[C@H]2CN(Cc3ccccc3)C[C@H]2C1. The number of rotatable bonds is 4. The van der Waals surface area contributed by atoms with E-state index < -0.39 is 0 Å². The number of likely N-dealkylation sites (tertiary alicyclic amines) is 1. The lowest BCUT2D eigenvalue weighted by molar-refractivity contribution is 0.309. The van der Waals surface area contributed by atoms with E-state index in [0.717, 1.165) is 38.4 Å². The van der Waals surface area contributed by atoms with Crippen molar-refractivity contribution < 1.29 is 5.11 Å². The number of nitrogen functional groups attached to an aromatic ring is 1. The molecule has 2 fully saturated rings. The van der Waals surface area contributed by atoms with Gasteiger partial charge in [0.15, 0.2) is 5.82 Å². The average Bonchev–Trinajstić information content (AvgIpc) is 3.28. The van der Waals surface area contributed by atoms with Crippen LogP contribution in [0.2, 0.25) is 0 Å². The van der Waals surface area contributed by atoms with E-state index in [0.29, 0.717) is 28.9 Å². The summed E-state index contributed by atoms with van der Waals surface area (Å²) in [5.74, 6) is 1.93. The van der Waals surface area contributed by atoms with Gasteiger partial charge in [0.1, 0.15) is 5.75 Å². The normalized spacial score (nSPS) is 21.4. The molecule has 3 aromatic rings. The van der Waals surface area contributed by atoms with Crippen molar-refractivity contribution in [3.63, 3.8) is 0 Å². The molecule has 3 heterocycles. The van der Waals surface area contributed by atoms with Gasteiger partial charge in [-0.1, -0.05) is 42.5 Å². The minimum atomic E-state index is 0.201. The van der Waals surface area contributed by atoms with Gasteiger partial charge in [0.05, 0.1) is 11.4 Å². The van der Waals surface area contributed by atoms with Gasteiger partial charge in [-0.05, 0) is 35.6 Å². The molecule has 0 spiro atoms. The summed E-state index contributed by atoms with van der Waals surface area (Å²) in [7, 11) is 0. The second-order valence-electron chi connectivity index (χ2n) is 8.12. The number of nitrogens with zero attached hydrogens (tertiary/aromatic N) is 4. The molecule has 2 saturated heterocycles. The van der Waals surface area contributed by atoms with E-state index in [2.05, 4.69) is 50.3 Å². The van der Waals surface area contributed by atoms with Gasteiger partial charge < -0.3 is 15.7 Å². The second kappa shape index (κ2) is 7.37. The molecule has 148 valence electrons. The van der Waals surface area contributed by atoms with Crippen molar-refractivity contribution in [2.75, 3.05) is 36.8 Å². The van der Waals surface area contributed by atoms with Crippen molar-refractivity contribution in [3.05, 3.63) is 66.2 Å². The summed E-state index contributed by atoms with van der Waals surface area (Å²) in [6.45, 7) is 5.20. The Hall–Kier alpha value is -3.12. The number of anilines is 2. The molecule has 0 bridgehead atoms. The Morgan fingerprint density at radius 3 is 2.31 bits per heavy atom. The molecule has 0 saturated carbocycles. The summed E-state index contributed by atoms with van der Waals surface area (Å²) in [6, 6.07) is 19.8. The minimum absolute atomic E-state index is 0.201. The fourth-order valence-electron chi connectivity index (χ4n) is 4.72. The maximum atomic E-state index is 10.2. The van der Waals surface area contributed by atoms with Gasteiger partial charge in [0, 0.05) is 38.3 Å². The van der Waals surface area contributed by atoms with Gasteiger partial charge >= 0.3 is 0 Å². The topological polar surface area (TPSA) is 78.5 Å². The zero-order chi connectivity index (χ0) is 19.8. The smallest absolute Gasteiger partial charge is 0.169 e. The predicted molar refractivity (Wildman–Crippen MR) is 114 cm³/mol. The molecule has 2 atom stereocenters. The molecule has 0 aliphatic carbocycles. The number of nitrogens with two attached hydrogens (primary N) is 1. The number of hydrogen-bond acceptors (Lipinski definition) is 6. The lowest BCUT2D eigenvalue weighted by Gasteiger charge is -2.24. The number of hydrogen-bond donors (Lipinski definition) is 2. The zero-order valence-corrected chi connectivity index (χ0v) is 16.3. The van der Waals surface area contributed by atoms with Crippen LogP contribution in [0.3, 0.4) is 0 Å². The highest BCUT2D eigenvalue weighted by Crippen LogP contribution is 2.38. The number of aromatic hydroxyl groups is 1. The third kappa shape index (κ3) is 3.51. The second-order valence-corrected chi connectivity index (χ2v) is 8.12. The van der Waals surface area contributed by atoms with Crippen molar-refractivity contribution >= 4 is 11.5 Å². The van der Waals surface area contributed by atoms with E-state index in [9.17, 15) is 5.11 Å². The summed E-state index contributed by atoms with van der Waals surface area (Å²) in [5, 5.41) is 18.5. The third-order valence-corrected chi connectivity index (χ3v) is 6.13. The van der Waals surface area contributed by atoms with Crippen LogP contribution in [0.1, 0.15) is 5.56 Å². The molecule has 2 aliphatic heterocycles. The van der Waals surface area contributed by atoms with Gasteiger partial charge in [-0.2, -0.15) is 0 Å². The van der Waals surface area contributed by atoms with E-state index in [-0.39, 0.29) is 5.75 Å². The first-order valence-corrected chi connectivity index (χ1v) is 10.1. The Morgan fingerprint density at radius 1 is 0.897 bits per heavy atom. The van der Waals surface area contributed by atoms with E-state index in [1.54, 1.807) is 12.1 Å². The number of benzene rings is 2. The lowest BCUT2D eigenvalue weighted by atomic mass is 10.0. The number of fused-ring (bicyclic) bond motifs is 1.